The molecule has 0 saturated heterocycles. The molecule has 2 amide bonds. The summed E-state index contributed by atoms with van der Waals surface area (Å²) in [5.41, 5.74) is 0.998. The SMILES string of the molecule is CC(CNC(=O)N[C@H](CCO)c1ccccc1)c1cccs1. The molecule has 0 spiro atoms. The lowest BCUT2D eigenvalue weighted by Crippen LogP contribution is -2.39. The van der Waals surface area contributed by atoms with Gasteiger partial charge in [-0.25, -0.2) is 4.79 Å². The predicted molar refractivity (Wildman–Crippen MR) is 90.2 cm³/mol. The summed E-state index contributed by atoms with van der Waals surface area (Å²) in [7, 11) is 0. The van der Waals surface area contributed by atoms with Crippen LogP contribution in [0.1, 0.15) is 35.7 Å². The third kappa shape index (κ3) is 4.86. The lowest BCUT2D eigenvalue weighted by atomic mass is 10.0. The molecule has 1 unspecified atom stereocenters. The standard InChI is InChI=1S/C17H22N2O2S/c1-13(16-8-5-11-22-16)12-18-17(21)19-15(9-10-20)14-6-3-2-4-7-14/h2-8,11,13,15,20H,9-10,12H2,1H3,(H2,18,19,21)/t13?,15-/m1/s1. The van der Waals surface area contributed by atoms with Gasteiger partial charge in [-0.1, -0.05) is 43.3 Å². The maximum absolute atomic E-state index is 12.1. The van der Waals surface area contributed by atoms with Crippen LogP contribution in [0.25, 0.3) is 0 Å². The summed E-state index contributed by atoms with van der Waals surface area (Å²) in [6.45, 7) is 2.72. The van der Waals surface area contributed by atoms with Crippen LogP contribution in [-0.2, 0) is 0 Å². The Morgan fingerprint density at radius 2 is 2.00 bits per heavy atom. The van der Waals surface area contributed by atoms with Gasteiger partial charge >= 0.3 is 6.03 Å². The third-order valence-corrected chi connectivity index (χ3v) is 4.63. The molecular formula is C17H22N2O2S. The van der Waals surface area contributed by atoms with Crippen molar-refractivity contribution < 1.29 is 9.90 Å². The number of carbonyl (C=O) groups excluding carboxylic acids is 1. The van der Waals surface area contributed by atoms with Gasteiger partial charge in [0, 0.05) is 23.9 Å². The van der Waals surface area contributed by atoms with Crippen molar-refractivity contribution in [2.75, 3.05) is 13.2 Å². The van der Waals surface area contributed by atoms with Gasteiger partial charge in [0.05, 0.1) is 6.04 Å². The molecule has 0 aliphatic heterocycles. The largest absolute Gasteiger partial charge is 0.396 e. The summed E-state index contributed by atoms with van der Waals surface area (Å²) in [6, 6.07) is 13.4. The lowest BCUT2D eigenvalue weighted by molar-refractivity contribution is 0.229. The van der Waals surface area contributed by atoms with Crippen LogP contribution in [0.3, 0.4) is 0 Å². The van der Waals surface area contributed by atoms with Gasteiger partial charge in [0.25, 0.3) is 0 Å². The molecule has 5 heteroatoms. The van der Waals surface area contributed by atoms with Gasteiger partial charge in [0.1, 0.15) is 0 Å². The summed E-state index contributed by atoms with van der Waals surface area (Å²) >= 11 is 1.70. The Morgan fingerprint density at radius 3 is 2.64 bits per heavy atom. The second-order valence-corrected chi connectivity index (χ2v) is 6.23. The fourth-order valence-electron chi connectivity index (χ4n) is 2.26. The van der Waals surface area contributed by atoms with Crippen LogP contribution in [0.5, 0.6) is 0 Å². The maximum Gasteiger partial charge on any atom is 0.315 e. The number of aliphatic hydroxyl groups excluding tert-OH is 1. The zero-order chi connectivity index (χ0) is 15.8. The van der Waals surface area contributed by atoms with E-state index < -0.39 is 0 Å². The van der Waals surface area contributed by atoms with E-state index in [0.29, 0.717) is 18.9 Å². The fraction of sp³-hybridized carbons (Fsp3) is 0.353. The van der Waals surface area contributed by atoms with Crippen LogP contribution in [0.4, 0.5) is 4.79 Å². The molecule has 4 nitrogen and oxygen atoms in total. The number of hydrogen-bond donors (Lipinski definition) is 3. The highest BCUT2D eigenvalue weighted by atomic mass is 32.1. The van der Waals surface area contributed by atoms with Crippen molar-refractivity contribution in [1.82, 2.24) is 10.6 Å². The number of carbonyl (C=O) groups is 1. The van der Waals surface area contributed by atoms with Crippen LogP contribution < -0.4 is 10.6 Å². The molecule has 2 rings (SSSR count). The van der Waals surface area contributed by atoms with E-state index in [-0.39, 0.29) is 18.7 Å². The van der Waals surface area contributed by atoms with Crippen molar-refractivity contribution in [3.63, 3.8) is 0 Å². The highest BCUT2D eigenvalue weighted by molar-refractivity contribution is 7.10. The quantitative estimate of drug-likeness (QED) is 0.734. The number of aliphatic hydroxyl groups is 1. The Morgan fingerprint density at radius 1 is 1.23 bits per heavy atom. The van der Waals surface area contributed by atoms with E-state index in [1.807, 2.05) is 41.8 Å². The topological polar surface area (TPSA) is 61.4 Å². The molecule has 118 valence electrons. The van der Waals surface area contributed by atoms with Crippen molar-refractivity contribution in [3.05, 3.63) is 58.3 Å². The second-order valence-electron chi connectivity index (χ2n) is 5.25. The van der Waals surface area contributed by atoms with E-state index in [1.165, 1.54) is 4.88 Å². The Hall–Kier alpha value is -1.85. The Kier molecular flexibility index (Phi) is 6.43. The van der Waals surface area contributed by atoms with Gasteiger partial charge in [-0.2, -0.15) is 0 Å². The van der Waals surface area contributed by atoms with Crippen molar-refractivity contribution in [1.29, 1.82) is 0 Å². The third-order valence-electron chi connectivity index (χ3n) is 3.52. The van der Waals surface area contributed by atoms with Crippen molar-refractivity contribution in [2.45, 2.75) is 25.3 Å². The molecule has 0 radical (unpaired) electrons. The van der Waals surface area contributed by atoms with Crippen molar-refractivity contribution in [2.24, 2.45) is 0 Å². The first-order valence-electron chi connectivity index (χ1n) is 7.44. The number of amides is 2. The van der Waals surface area contributed by atoms with E-state index in [0.717, 1.165) is 5.56 Å². The lowest BCUT2D eigenvalue weighted by Gasteiger charge is -2.19. The van der Waals surface area contributed by atoms with Crippen LogP contribution in [0, 0.1) is 0 Å². The minimum Gasteiger partial charge on any atom is -0.396 e. The fourth-order valence-corrected chi connectivity index (χ4v) is 3.05. The molecule has 0 fully saturated rings. The van der Waals surface area contributed by atoms with Gasteiger partial charge in [-0.3, -0.25) is 0 Å². The number of benzene rings is 1. The maximum atomic E-state index is 12.1. The highest BCUT2D eigenvalue weighted by Gasteiger charge is 2.14. The molecule has 2 atom stereocenters. The average Bonchev–Trinajstić information content (AvgIpc) is 3.07. The number of hydrogen-bond acceptors (Lipinski definition) is 3. The Labute approximate surface area is 135 Å². The predicted octanol–water partition coefficient (Wildman–Crippen LogP) is 3.27. The van der Waals surface area contributed by atoms with Crippen LogP contribution in [0.2, 0.25) is 0 Å². The van der Waals surface area contributed by atoms with Crippen molar-refractivity contribution in [3.8, 4) is 0 Å². The number of rotatable bonds is 7. The first kappa shape index (κ1) is 16.5. The summed E-state index contributed by atoms with van der Waals surface area (Å²) in [6.07, 6.45) is 0.498. The molecule has 0 bridgehead atoms. The molecule has 3 N–H and O–H groups in total. The van der Waals surface area contributed by atoms with Gasteiger partial charge in [-0.05, 0) is 23.4 Å². The molecule has 0 aliphatic rings. The van der Waals surface area contributed by atoms with E-state index in [4.69, 9.17) is 0 Å². The summed E-state index contributed by atoms with van der Waals surface area (Å²) < 4.78 is 0. The average molecular weight is 318 g/mol. The molecule has 0 saturated carbocycles. The van der Waals surface area contributed by atoms with Gasteiger partial charge < -0.3 is 15.7 Å². The summed E-state index contributed by atoms with van der Waals surface area (Å²) in [5.74, 6) is 0.291. The molecule has 1 heterocycles. The van der Waals surface area contributed by atoms with Gasteiger partial charge in [0.15, 0.2) is 0 Å². The van der Waals surface area contributed by atoms with E-state index in [9.17, 15) is 9.90 Å². The van der Waals surface area contributed by atoms with Crippen LogP contribution >= 0.6 is 11.3 Å². The number of nitrogens with one attached hydrogen (secondary N) is 2. The smallest absolute Gasteiger partial charge is 0.315 e. The molecule has 1 aromatic carbocycles. The molecule has 1 aromatic heterocycles. The molecular weight excluding hydrogens is 296 g/mol. The Bertz CT molecular complexity index is 557. The zero-order valence-corrected chi connectivity index (χ0v) is 13.5. The van der Waals surface area contributed by atoms with E-state index in [1.54, 1.807) is 11.3 Å². The molecule has 2 aromatic rings. The minimum atomic E-state index is -0.203. The van der Waals surface area contributed by atoms with E-state index in [2.05, 4.69) is 23.6 Å². The minimum absolute atomic E-state index is 0.0332. The van der Waals surface area contributed by atoms with Gasteiger partial charge in [-0.15, -0.1) is 11.3 Å². The highest BCUT2D eigenvalue weighted by Crippen LogP contribution is 2.20. The first-order valence-corrected chi connectivity index (χ1v) is 8.32. The molecule has 22 heavy (non-hydrogen) atoms. The first-order chi connectivity index (χ1) is 10.7. The summed E-state index contributed by atoms with van der Waals surface area (Å²) in [5, 5.41) is 17.1. The normalized spacial score (nSPS) is 13.4. The number of thiophene rings is 1. The van der Waals surface area contributed by atoms with Gasteiger partial charge in [0.2, 0.25) is 0 Å². The second kappa shape index (κ2) is 8.56. The monoisotopic (exact) mass is 318 g/mol. The Balaban J connectivity index is 1.86. The molecule has 0 aliphatic carbocycles. The van der Waals surface area contributed by atoms with Crippen molar-refractivity contribution >= 4 is 17.4 Å². The van der Waals surface area contributed by atoms with E-state index >= 15 is 0 Å². The van der Waals surface area contributed by atoms with Crippen LogP contribution in [-0.4, -0.2) is 24.3 Å². The zero-order valence-electron chi connectivity index (χ0n) is 12.7. The van der Waals surface area contributed by atoms with Crippen LogP contribution in [0.15, 0.2) is 47.8 Å². The summed E-state index contributed by atoms with van der Waals surface area (Å²) in [4.78, 5) is 13.3. The number of urea groups is 1.